The number of aliphatic carboxylic acids is 1. The van der Waals surface area contributed by atoms with E-state index in [9.17, 15) is 4.79 Å². The summed E-state index contributed by atoms with van der Waals surface area (Å²) >= 11 is 0. The SMILES string of the molecule is C=N/C(C(=O)O)=C(N)\N=C/C. The van der Waals surface area contributed by atoms with Crippen LogP contribution in [0, 0.1) is 0 Å². The minimum atomic E-state index is -1.23. The maximum Gasteiger partial charge on any atom is 0.358 e. The van der Waals surface area contributed by atoms with E-state index in [4.69, 9.17) is 10.8 Å². The highest BCUT2D eigenvalue weighted by molar-refractivity contribution is 5.88. The van der Waals surface area contributed by atoms with Crippen molar-refractivity contribution in [2.24, 2.45) is 15.7 Å². The Labute approximate surface area is 64.0 Å². The summed E-state index contributed by atoms with van der Waals surface area (Å²) in [5, 5.41) is 8.42. The lowest BCUT2D eigenvalue weighted by atomic mass is 10.4. The number of rotatable bonds is 3. The first-order valence-corrected chi connectivity index (χ1v) is 2.82. The van der Waals surface area contributed by atoms with E-state index in [1.54, 1.807) is 6.92 Å². The van der Waals surface area contributed by atoms with E-state index in [-0.39, 0.29) is 11.5 Å². The molecular weight excluding hydrogens is 146 g/mol. The van der Waals surface area contributed by atoms with E-state index < -0.39 is 5.97 Å². The molecule has 0 aromatic rings. The van der Waals surface area contributed by atoms with Gasteiger partial charge < -0.3 is 10.8 Å². The summed E-state index contributed by atoms with van der Waals surface area (Å²) in [5.41, 5.74) is 4.88. The van der Waals surface area contributed by atoms with Crippen molar-refractivity contribution in [1.82, 2.24) is 0 Å². The molecule has 0 aromatic carbocycles. The van der Waals surface area contributed by atoms with E-state index in [2.05, 4.69) is 16.7 Å². The number of carboxylic acid groups (broad SMARTS) is 1. The van der Waals surface area contributed by atoms with Crippen LogP contribution in [-0.2, 0) is 4.79 Å². The van der Waals surface area contributed by atoms with Gasteiger partial charge in [-0.3, -0.25) is 4.99 Å². The number of hydrogen-bond acceptors (Lipinski definition) is 4. The van der Waals surface area contributed by atoms with Crippen LogP contribution in [-0.4, -0.2) is 24.0 Å². The highest BCUT2D eigenvalue weighted by Gasteiger charge is 2.08. The molecule has 0 aromatic heterocycles. The Hall–Kier alpha value is -1.65. The van der Waals surface area contributed by atoms with Crippen molar-refractivity contribution < 1.29 is 9.90 Å². The Kier molecular flexibility index (Phi) is 3.58. The van der Waals surface area contributed by atoms with Gasteiger partial charge in [0.2, 0.25) is 0 Å². The van der Waals surface area contributed by atoms with Crippen molar-refractivity contribution in [3.63, 3.8) is 0 Å². The molecule has 0 radical (unpaired) electrons. The third kappa shape index (κ3) is 2.61. The lowest BCUT2D eigenvalue weighted by Crippen LogP contribution is -2.07. The van der Waals surface area contributed by atoms with E-state index in [1.165, 1.54) is 6.21 Å². The van der Waals surface area contributed by atoms with Gasteiger partial charge in [0.1, 0.15) is 0 Å². The number of hydrogen-bond donors (Lipinski definition) is 2. The first-order valence-electron chi connectivity index (χ1n) is 2.82. The molecular formula is C6H9N3O2. The van der Waals surface area contributed by atoms with E-state index in [0.717, 1.165) is 0 Å². The molecule has 0 atom stereocenters. The summed E-state index contributed by atoms with van der Waals surface area (Å²) < 4.78 is 0. The van der Waals surface area contributed by atoms with Crippen molar-refractivity contribution in [3.8, 4) is 0 Å². The van der Waals surface area contributed by atoms with E-state index in [0.29, 0.717) is 0 Å². The second-order valence-corrected chi connectivity index (χ2v) is 1.58. The molecule has 0 saturated carbocycles. The van der Waals surface area contributed by atoms with Crippen molar-refractivity contribution in [2.45, 2.75) is 6.92 Å². The fraction of sp³-hybridized carbons (Fsp3) is 0.167. The van der Waals surface area contributed by atoms with Crippen LogP contribution >= 0.6 is 0 Å². The lowest BCUT2D eigenvalue weighted by molar-refractivity contribution is -0.132. The second kappa shape index (κ2) is 4.21. The fourth-order valence-corrected chi connectivity index (χ4v) is 0.458. The summed E-state index contributed by atoms with van der Waals surface area (Å²) in [6.45, 7) is 4.66. The Morgan fingerprint density at radius 3 is 2.55 bits per heavy atom. The third-order valence-electron chi connectivity index (χ3n) is 0.871. The minimum absolute atomic E-state index is 0.144. The highest BCUT2D eigenvalue weighted by atomic mass is 16.4. The van der Waals surface area contributed by atoms with Gasteiger partial charge in [-0.15, -0.1) is 0 Å². The van der Waals surface area contributed by atoms with Crippen molar-refractivity contribution in [1.29, 1.82) is 0 Å². The largest absolute Gasteiger partial charge is 0.476 e. The predicted octanol–water partition coefficient (Wildman–Crippen LogP) is -0.00990. The number of nitrogens with two attached hydrogens (primary N) is 1. The van der Waals surface area contributed by atoms with Crippen LogP contribution in [0.2, 0.25) is 0 Å². The average Bonchev–Trinajstić information content (AvgIpc) is 1.88. The van der Waals surface area contributed by atoms with Crippen LogP contribution in [0.3, 0.4) is 0 Å². The van der Waals surface area contributed by atoms with Crippen molar-refractivity contribution >= 4 is 18.9 Å². The van der Waals surface area contributed by atoms with E-state index >= 15 is 0 Å². The molecule has 60 valence electrons. The molecule has 5 heteroatoms. The summed E-state index contributed by atoms with van der Waals surface area (Å²) in [5.74, 6) is -1.38. The molecule has 0 unspecified atom stereocenters. The van der Waals surface area contributed by atoms with Crippen LogP contribution in [0.5, 0.6) is 0 Å². The van der Waals surface area contributed by atoms with Crippen LogP contribution in [0.25, 0.3) is 0 Å². The van der Waals surface area contributed by atoms with Gasteiger partial charge in [-0.1, -0.05) is 0 Å². The Balaban J connectivity index is 4.82. The van der Waals surface area contributed by atoms with Crippen molar-refractivity contribution in [3.05, 3.63) is 11.5 Å². The fourth-order valence-electron chi connectivity index (χ4n) is 0.458. The molecule has 0 fully saturated rings. The highest BCUT2D eigenvalue weighted by Crippen LogP contribution is 2.00. The zero-order valence-corrected chi connectivity index (χ0v) is 6.11. The molecule has 0 rings (SSSR count). The van der Waals surface area contributed by atoms with Crippen LogP contribution in [0.4, 0.5) is 0 Å². The molecule has 0 aliphatic rings. The molecule has 0 aliphatic heterocycles. The summed E-state index contributed by atoms with van der Waals surface area (Å²) in [7, 11) is 0. The topological polar surface area (TPSA) is 88.0 Å². The van der Waals surface area contributed by atoms with Gasteiger partial charge in [0.05, 0.1) is 0 Å². The summed E-state index contributed by atoms with van der Waals surface area (Å²) in [4.78, 5) is 17.0. The maximum absolute atomic E-state index is 10.3. The second-order valence-electron chi connectivity index (χ2n) is 1.58. The van der Waals surface area contributed by atoms with Crippen LogP contribution < -0.4 is 5.73 Å². The van der Waals surface area contributed by atoms with Crippen LogP contribution in [0.15, 0.2) is 21.5 Å². The molecule has 0 spiro atoms. The minimum Gasteiger partial charge on any atom is -0.476 e. The number of carboxylic acids is 1. The van der Waals surface area contributed by atoms with Gasteiger partial charge in [0.25, 0.3) is 0 Å². The Bertz CT molecular complexity index is 230. The first kappa shape index (κ1) is 9.35. The molecule has 5 nitrogen and oxygen atoms in total. The molecule has 0 aliphatic carbocycles. The Morgan fingerprint density at radius 1 is 1.73 bits per heavy atom. The zero-order valence-electron chi connectivity index (χ0n) is 6.11. The molecule has 0 amide bonds. The molecule has 0 heterocycles. The summed E-state index contributed by atoms with van der Waals surface area (Å²) in [6.07, 6.45) is 1.38. The number of nitrogens with zero attached hydrogens (tertiary/aromatic N) is 2. The molecule has 11 heavy (non-hydrogen) atoms. The standard InChI is InChI=1S/C6H9N3O2/c1-3-9-5(7)4(8-2)6(10)11/h3H,2,7H2,1H3,(H,10,11)/b5-4-,9-3-. The molecule has 3 N–H and O–H groups in total. The van der Waals surface area contributed by atoms with Gasteiger partial charge >= 0.3 is 5.97 Å². The van der Waals surface area contributed by atoms with E-state index in [1.807, 2.05) is 0 Å². The van der Waals surface area contributed by atoms with Gasteiger partial charge in [-0.2, -0.15) is 0 Å². The smallest absolute Gasteiger partial charge is 0.358 e. The van der Waals surface area contributed by atoms with Crippen molar-refractivity contribution in [2.75, 3.05) is 0 Å². The average molecular weight is 155 g/mol. The first-order chi connectivity index (χ1) is 5.13. The lowest BCUT2D eigenvalue weighted by Gasteiger charge is -1.95. The normalized spacial score (nSPS) is 12.8. The van der Waals surface area contributed by atoms with Gasteiger partial charge in [0, 0.05) is 6.21 Å². The summed E-state index contributed by atoms with van der Waals surface area (Å²) in [6, 6.07) is 0. The Morgan fingerprint density at radius 2 is 2.27 bits per heavy atom. The molecule has 0 saturated heterocycles. The zero-order chi connectivity index (χ0) is 8.85. The van der Waals surface area contributed by atoms with Gasteiger partial charge in [-0.25, -0.2) is 9.79 Å². The van der Waals surface area contributed by atoms with Gasteiger partial charge in [0.15, 0.2) is 11.5 Å². The molecule has 0 bridgehead atoms. The van der Waals surface area contributed by atoms with Crippen LogP contribution in [0.1, 0.15) is 6.92 Å². The monoisotopic (exact) mass is 155 g/mol. The quantitative estimate of drug-likeness (QED) is 0.443. The predicted molar refractivity (Wildman–Crippen MR) is 42.6 cm³/mol. The van der Waals surface area contributed by atoms with Gasteiger partial charge in [-0.05, 0) is 13.6 Å². The number of carbonyl (C=O) groups is 1. The number of aliphatic imine (C=N–C) groups is 2. The maximum atomic E-state index is 10.3. The third-order valence-corrected chi connectivity index (χ3v) is 0.871.